The van der Waals surface area contributed by atoms with Gasteiger partial charge in [0.2, 0.25) is 5.91 Å². The normalized spacial score (nSPS) is 26.6. The summed E-state index contributed by atoms with van der Waals surface area (Å²) in [5.74, 6) is 1.13. The summed E-state index contributed by atoms with van der Waals surface area (Å²) in [6.45, 7) is 4.22. The summed E-state index contributed by atoms with van der Waals surface area (Å²) in [7, 11) is 0. The highest BCUT2D eigenvalue weighted by Crippen LogP contribution is 2.21. The molecule has 5 heteroatoms. The summed E-state index contributed by atoms with van der Waals surface area (Å²) in [6, 6.07) is 0.276. The molecule has 2 heterocycles. The first-order valence-corrected chi connectivity index (χ1v) is 8.89. The number of nitrogens with zero attached hydrogens (tertiary/aromatic N) is 2. The topological polar surface area (TPSA) is 49.6 Å². The molecule has 0 aromatic carbocycles. The van der Waals surface area contributed by atoms with E-state index in [1.54, 1.807) is 11.8 Å². The Morgan fingerprint density at radius 3 is 2.74 bits per heavy atom. The molecule has 1 amide bonds. The van der Waals surface area contributed by atoms with E-state index < -0.39 is 0 Å². The highest BCUT2D eigenvalue weighted by Gasteiger charge is 2.30. The zero-order chi connectivity index (χ0) is 13.7. The van der Waals surface area contributed by atoms with Crippen molar-refractivity contribution >= 4 is 17.7 Å². The molecule has 0 aromatic rings. The van der Waals surface area contributed by atoms with Gasteiger partial charge in [-0.2, -0.15) is 11.8 Å². The maximum absolute atomic E-state index is 12.3. The lowest BCUT2D eigenvalue weighted by molar-refractivity contribution is -0.134. The lowest BCUT2D eigenvalue weighted by Crippen LogP contribution is -2.53. The third-order valence-corrected chi connectivity index (χ3v) is 4.96. The molecule has 0 aromatic heterocycles. The summed E-state index contributed by atoms with van der Waals surface area (Å²) in [6.07, 6.45) is 7.85. The number of amides is 1. The fourth-order valence-corrected chi connectivity index (χ4v) is 3.65. The Morgan fingerprint density at radius 1 is 1.32 bits per heavy atom. The van der Waals surface area contributed by atoms with Crippen molar-refractivity contribution in [3.8, 4) is 0 Å². The smallest absolute Gasteiger partial charge is 0.239 e. The second kappa shape index (κ2) is 7.50. The van der Waals surface area contributed by atoms with Gasteiger partial charge < -0.3 is 10.6 Å². The molecule has 2 aliphatic rings. The number of likely N-dealkylation sites (tertiary alicyclic amines) is 2. The van der Waals surface area contributed by atoms with Crippen molar-refractivity contribution in [3.05, 3.63) is 0 Å². The molecule has 2 saturated heterocycles. The fourth-order valence-electron chi connectivity index (χ4n) is 3.16. The molecule has 4 nitrogen and oxygen atoms in total. The molecule has 0 radical (unpaired) electrons. The van der Waals surface area contributed by atoms with Crippen LogP contribution in [0.3, 0.4) is 0 Å². The van der Waals surface area contributed by atoms with Crippen molar-refractivity contribution in [2.45, 2.75) is 44.2 Å². The summed E-state index contributed by atoms with van der Waals surface area (Å²) in [5.41, 5.74) is 6.01. The first-order chi connectivity index (χ1) is 9.22. The van der Waals surface area contributed by atoms with Gasteiger partial charge in [0.1, 0.15) is 0 Å². The Balaban J connectivity index is 1.83. The molecule has 0 saturated carbocycles. The largest absolute Gasteiger partial charge is 0.340 e. The lowest BCUT2D eigenvalue weighted by atomic mass is 10.0. The fraction of sp³-hybridized carbons (Fsp3) is 0.929. The van der Waals surface area contributed by atoms with E-state index in [1.807, 2.05) is 4.90 Å². The maximum atomic E-state index is 12.3. The van der Waals surface area contributed by atoms with E-state index in [1.165, 1.54) is 32.4 Å². The van der Waals surface area contributed by atoms with Crippen LogP contribution in [-0.4, -0.2) is 66.0 Å². The molecule has 2 fully saturated rings. The minimum absolute atomic E-state index is 0.165. The first kappa shape index (κ1) is 15.1. The molecule has 2 aliphatic heterocycles. The second-order valence-corrected chi connectivity index (χ2v) is 6.70. The molecule has 2 N–H and O–H groups in total. The van der Waals surface area contributed by atoms with Crippen molar-refractivity contribution in [3.63, 3.8) is 0 Å². The average Bonchev–Trinajstić information content (AvgIpc) is 2.98. The van der Waals surface area contributed by atoms with Crippen molar-refractivity contribution < 1.29 is 4.79 Å². The van der Waals surface area contributed by atoms with Crippen LogP contribution in [0.1, 0.15) is 32.1 Å². The van der Waals surface area contributed by atoms with Crippen LogP contribution in [0.15, 0.2) is 0 Å². The van der Waals surface area contributed by atoms with Crippen LogP contribution in [0.5, 0.6) is 0 Å². The Hall–Kier alpha value is -0.260. The third kappa shape index (κ3) is 4.10. The van der Waals surface area contributed by atoms with E-state index in [-0.39, 0.29) is 11.9 Å². The molecule has 2 rings (SSSR count). The van der Waals surface area contributed by atoms with Crippen LogP contribution in [0.4, 0.5) is 0 Å². The average molecular weight is 285 g/mol. The minimum Gasteiger partial charge on any atom is -0.340 e. The van der Waals surface area contributed by atoms with Crippen LogP contribution < -0.4 is 5.73 Å². The third-order valence-electron chi connectivity index (χ3n) is 4.32. The number of piperidine rings is 1. The molecule has 1 unspecified atom stereocenters. The zero-order valence-electron chi connectivity index (χ0n) is 12.0. The minimum atomic E-state index is -0.301. The molecular weight excluding hydrogens is 258 g/mol. The number of hydrogen-bond donors (Lipinski definition) is 1. The van der Waals surface area contributed by atoms with E-state index >= 15 is 0 Å². The number of nitrogens with two attached hydrogens (primary N) is 1. The predicted molar refractivity (Wildman–Crippen MR) is 81.4 cm³/mol. The van der Waals surface area contributed by atoms with E-state index in [4.69, 9.17) is 5.73 Å². The SMILES string of the molecule is CSCC[C@@H](N)C(=O)N1CCCC(N2CCCC2)C1. The van der Waals surface area contributed by atoms with Gasteiger partial charge in [-0.1, -0.05) is 0 Å². The molecule has 110 valence electrons. The number of thioether (sulfide) groups is 1. The molecule has 0 aliphatic carbocycles. The van der Waals surface area contributed by atoms with Crippen LogP contribution in [0, 0.1) is 0 Å². The van der Waals surface area contributed by atoms with Crippen LogP contribution >= 0.6 is 11.8 Å². The number of hydrogen-bond acceptors (Lipinski definition) is 4. The van der Waals surface area contributed by atoms with Gasteiger partial charge in [0, 0.05) is 19.1 Å². The van der Waals surface area contributed by atoms with Gasteiger partial charge in [0.15, 0.2) is 0 Å². The van der Waals surface area contributed by atoms with Crippen LogP contribution in [0.2, 0.25) is 0 Å². The molecular formula is C14H27N3OS. The Labute approximate surface area is 121 Å². The lowest BCUT2D eigenvalue weighted by Gasteiger charge is -2.38. The van der Waals surface area contributed by atoms with Gasteiger partial charge in [-0.05, 0) is 57.2 Å². The van der Waals surface area contributed by atoms with Gasteiger partial charge >= 0.3 is 0 Å². The second-order valence-electron chi connectivity index (χ2n) is 5.71. The van der Waals surface area contributed by atoms with Crippen molar-refractivity contribution in [1.82, 2.24) is 9.80 Å². The van der Waals surface area contributed by atoms with Crippen molar-refractivity contribution in [2.24, 2.45) is 5.73 Å². The Morgan fingerprint density at radius 2 is 2.05 bits per heavy atom. The highest BCUT2D eigenvalue weighted by atomic mass is 32.2. The summed E-state index contributed by atoms with van der Waals surface area (Å²) in [5, 5.41) is 0. The first-order valence-electron chi connectivity index (χ1n) is 7.49. The van der Waals surface area contributed by atoms with Crippen LogP contribution in [0.25, 0.3) is 0 Å². The van der Waals surface area contributed by atoms with E-state index in [0.29, 0.717) is 6.04 Å². The van der Waals surface area contributed by atoms with Gasteiger partial charge in [-0.25, -0.2) is 0 Å². The Bertz CT molecular complexity index is 294. The quantitative estimate of drug-likeness (QED) is 0.823. The van der Waals surface area contributed by atoms with E-state index in [2.05, 4.69) is 11.2 Å². The van der Waals surface area contributed by atoms with Crippen molar-refractivity contribution in [2.75, 3.05) is 38.2 Å². The van der Waals surface area contributed by atoms with Crippen LogP contribution in [-0.2, 0) is 4.79 Å². The summed E-state index contributed by atoms with van der Waals surface area (Å²) < 4.78 is 0. The summed E-state index contributed by atoms with van der Waals surface area (Å²) in [4.78, 5) is 16.9. The Kier molecular flexibility index (Phi) is 5.98. The van der Waals surface area contributed by atoms with Gasteiger partial charge in [-0.15, -0.1) is 0 Å². The standard InChI is InChI=1S/C14H27N3OS/c1-19-10-6-13(15)14(18)17-9-4-5-12(11-17)16-7-2-3-8-16/h12-13H,2-11,15H2,1H3/t12?,13-/m1/s1. The van der Waals surface area contributed by atoms with Gasteiger partial charge in [-0.3, -0.25) is 9.69 Å². The predicted octanol–water partition coefficient (Wildman–Crippen LogP) is 1.15. The highest BCUT2D eigenvalue weighted by molar-refractivity contribution is 7.98. The van der Waals surface area contributed by atoms with Gasteiger partial charge in [0.05, 0.1) is 6.04 Å². The van der Waals surface area contributed by atoms with Crippen molar-refractivity contribution in [1.29, 1.82) is 0 Å². The van der Waals surface area contributed by atoms with E-state index in [0.717, 1.165) is 31.7 Å². The molecule has 0 spiro atoms. The number of rotatable bonds is 5. The van der Waals surface area contributed by atoms with Gasteiger partial charge in [0.25, 0.3) is 0 Å². The zero-order valence-corrected chi connectivity index (χ0v) is 12.8. The maximum Gasteiger partial charge on any atom is 0.239 e. The van der Waals surface area contributed by atoms with E-state index in [9.17, 15) is 4.79 Å². The number of carbonyl (C=O) groups excluding carboxylic acids is 1. The molecule has 0 bridgehead atoms. The summed E-state index contributed by atoms with van der Waals surface area (Å²) >= 11 is 1.76. The number of carbonyl (C=O) groups is 1. The molecule has 19 heavy (non-hydrogen) atoms. The monoisotopic (exact) mass is 285 g/mol. The molecule has 2 atom stereocenters.